The van der Waals surface area contributed by atoms with Gasteiger partial charge in [0.25, 0.3) is 0 Å². The standard InChI is InChI=1S/C10H11O.Li/c1-3-10(11)9-6-4-8(2)5-7-9;/h4-7H,2-3H2,1H3;/q-1;+1. The molecule has 1 aromatic rings. The monoisotopic (exact) mass is 154 g/mol. The summed E-state index contributed by atoms with van der Waals surface area (Å²) in [5.41, 5.74) is 1.72. The molecule has 1 nitrogen and oxygen atoms in total. The predicted molar refractivity (Wildman–Crippen MR) is 45.5 cm³/mol. The molecule has 0 saturated heterocycles. The zero-order valence-corrected chi connectivity index (χ0v) is 7.63. The van der Waals surface area contributed by atoms with Crippen LogP contribution in [0.1, 0.15) is 29.3 Å². The van der Waals surface area contributed by atoms with Crippen molar-refractivity contribution in [2.75, 3.05) is 0 Å². The molecule has 0 heterocycles. The molecular weight excluding hydrogens is 143 g/mol. The Morgan fingerprint density at radius 1 is 1.33 bits per heavy atom. The minimum atomic E-state index is 0. The molecule has 0 amide bonds. The minimum Gasteiger partial charge on any atom is -0.294 e. The first-order chi connectivity index (χ1) is 5.24. The normalized spacial score (nSPS) is 8.75. The van der Waals surface area contributed by atoms with E-state index >= 15 is 0 Å². The van der Waals surface area contributed by atoms with Crippen molar-refractivity contribution in [2.24, 2.45) is 0 Å². The van der Waals surface area contributed by atoms with Crippen molar-refractivity contribution in [3.05, 3.63) is 42.3 Å². The molecule has 0 aromatic heterocycles. The Labute approximate surface area is 85.4 Å². The Hall–Kier alpha value is -0.643. The van der Waals surface area contributed by atoms with E-state index in [-0.39, 0.29) is 24.6 Å². The molecule has 0 aliphatic carbocycles. The van der Waals surface area contributed by atoms with Crippen molar-refractivity contribution in [2.45, 2.75) is 13.3 Å². The average molecular weight is 154 g/mol. The molecule has 0 N–H and O–H groups in total. The summed E-state index contributed by atoms with van der Waals surface area (Å²) in [6, 6.07) is 7.33. The fraction of sp³-hybridized carbons (Fsp3) is 0.200. The molecule has 0 bridgehead atoms. The smallest absolute Gasteiger partial charge is 0.294 e. The van der Waals surface area contributed by atoms with Gasteiger partial charge < -0.3 is 0 Å². The molecule has 0 fully saturated rings. The van der Waals surface area contributed by atoms with Crippen LogP contribution < -0.4 is 18.9 Å². The second kappa shape index (κ2) is 5.08. The summed E-state index contributed by atoms with van der Waals surface area (Å²) >= 11 is 0. The summed E-state index contributed by atoms with van der Waals surface area (Å²) < 4.78 is 0. The third-order valence-corrected chi connectivity index (χ3v) is 1.60. The van der Waals surface area contributed by atoms with Crippen molar-refractivity contribution < 1.29 is 23.7 Å². The Bertz CT molecular complexity index is 251. The van der Waals surface area contributed by atoms with Gasteiger partial charge in [0.05, 0.1) is 0 Å². The maximum atomic E-state index is 11.1. The number of hydrogen-bond acceptors (Lipinski definition) is 1. The molecule has 0 aliphatic rings. The Morgan fingerprint density at radius 3 is 2.25 bits per heavy atom. The number of Topliss-reactive ketones (excluding diaryl/α,β-unsaturated/α-hetero) is 1. The third kappa shape index (κ3) is 2.77. The van der Waals surface area contributed by atoms with Gasteiger partial charge in [-0.05, 0) is 5.56 Å². The zero-order chi connectivity index (χ0) is 8.27. The van der Waals surface area contributed by atoms with E-state index in [1.807, 2.05) is 31.2 Å². The number of hydrogen-bond donors (Lipinski definition) is 0. The second-order valence-electron chi connectivity index (χ2n) is 2.47. The molecule has 0 saturated carbocycles. The first-order valence-electron chi connectivity index (χ1n) is 3.69. The zero-order valence-electron chi connectivity index (χ0n) is 7.63. The summed E-state index contributed by atoms with van der Waals surface area (Å²) in [7, 11) is 0. The van der Waals surface area contributed by atoms with Crippen LogP contribution in [0.25, 0.3) is 0 Å². The summed E-state index contributed by atoms with van der Waals surface area (Å²) in [5, 5.41) is 0. The van der Waals surface area contributed by atoms with Crippen LogP contribution in [0.15, 0.2) is 24.3 Å². The fourth-order valence-electron chi connectivity index (χ4n) is 0.895. The summed E-state index contributed by atoms with van der Waals surface area (Å²) in [6.07, 6.45) is 0.566. The third-order valence-electron chi connectivity index (χ3n) is 1.60. The number of carbonyl (C=O) groups excluding carboxylic acids is 1. The van der Waals surface area contributed by atoms with Crippen LogP contribution in [0, 0.1) is 6.92 Å². The van der Waals surface area contributed by atoms with Crippen LogP contribution in [0.5, 0.6) is 0 Å². The number of benzene rings is 1. The SMILES string of the molecule is [CH2-]c1ccc(C(=O)CC)cc1.[Li+]. The summed E-state index contributed by atoms with van der Waals surface area (Å²) in [6.45, 7) is 5.60. The Morgan fingerprint density at radius 2 is 1.83 bits per heavy atom. The molecule has 58 valence electrons. The van der Waals surface area contributed by atoms with Gasteiger partial charge in [0.2, 0.25) is 0 Å². The van der Waals surface area contributed by atoms with Crippen LogP contribution in [0.3, 0.4) is 0 Å². The molecule has 1 aromatic carbocycles. The van der Waals surface area contributed by atoms with Gasteiger partial charge >= 0.3 is 18.9 Å². The molecule has 0 aliphatic heterocycles. The molecule has 2 heteroatoms. The fourth-order valence-corrected chi connectivity index (χ4v) is 0.895. The molecule has 1 rings (SSSR count). The van der Waals surface area contributed by atoms with Gasteiger partial charge in [0, 0.05) is 6.42 Å². The van der Waals surface area contributed by atoms with Crippen molar-refractivity contribution in [3.63, 3.8) is 0 Å². The molecule has 0 atom stereocenters. The number of ketones is 1. The van der Waals surface area contributed by atoms with E-state index in [1.165, 1.54) is 0 Å². The quantitative estimate of drug-likeness (QED) is 0.318. The largest absolute Gasteiger partial charge is 1.00 e. The van der Waals surface area contributed by atoms with Crippen molar-refractivity contribution in [3.8, 4) is 0 Å². The van der Waals surface area contributed by atoms with E-state index in [9.17, 15) is 4.79 Å². The molecule has 12 heavy (non-hydrogen) atoms. The molecule has 0 unspecified atom stereocenters. The van der Waals surface area contributed by atoms with E-state index < -0.39 is 0 Å². The van der Waals surface area contributed by atoms with Crippen LogP contribution in [0.2, 0.25) is 0 Å². The van der Waals surface area contributed by atoms with E-state index in [0.717, 1.165) is 11.1 Å². The van der Waals surface area contributed by atoms with E-state index in [4.69, 9.17) is 0 Å². The summed E-state index contributed by atoms with van der Waals surface area (Å²) in [5.74, 6) is 0.185. The van der Waals surface area contributed by atoms with Gasteiger partial charge in [0.1, 0.15) is 0 Å². The van der Waals surface area contributed by atoms with Gasteiger partial charge in [-0.1, -0.05) is 6.92 Å². The summed E-state index contributed by atoms with van der Waals surface area (Å²) in [4.78, 5) is 11.1. The number of carbonyl (C=O) groups is 1. The average Bonchev–Trinajstić information content (AvgIpc) is 2.05. The van der Waals surface area contributed by atoms with Gasteiger partial charge in [-0.3, -0.25) is 4.79 Å². The van der Waals surface area contributed by atoms with Crippen LogP contribution in [0.4, 0.5) is 0 Å². The minimum absolute atomic E-state index is 0. The van der Waals surface area contributed by atoms with Crippen molar-refractivity contribution in [1.29, 1.82) is 0 Å². The van der Waals surface area contributed by atoms with Gasteiger partial charge in [-0.2, -0.15) is 24.6 Å². The van der Waals surface area contributed by atoms with Crippen LogP contribution >= 0.6 is 0 Å². The van der Waals surface area contributed by atoms with Gasteiger partial charge in [-0.25, -0.2) is 0 Å². The predicted octanol–water partition coefficient (Wildman–Crippen LogP) is -0.535. The maximum Gasteiger partial charge on any atom is 1.00 e. The van der Waals surface area contributed by atoms with Crippen LogP contribution in [-0.2, 0) is 0 Å². The van der Waals surface area contributed by atoms with E-state index in [2.05, 4.69) is 6.92 Å². The Balaban J connectivity index is 0.00000121. The first-order valence-corrected chi connectivity index (χ1v) is 3.69. The number of rotatable bonds is 2. The maximum absolute atomic E-state index is 11.1. The van der Waals surface area contributed by atoms with Crippen molar-refractivity contribution in [1.82, 2.24) is 0 Å². The topological polar surface area (TPSA) is 17.1 Å². The molecular formula is C10H11LiO. The van der Waals surface area contributed by atoms with Gasteiger partial charge in [0.15, 0.2) is 5.78 Å². The molecule has 0 spiro atoms. The molecule has 0 radical (unpaired) electrons. The van der Waals surface area contributed by atoms with Gasteiger partial charge in [-0.15, -0.1) is 12.1 Å². The second-order valence-corrected chi connectivity index (χ2v) is 2.47. The van der Waals surface area contributed by atoms with E-state index in [1.54, 1.807) is 0 Å². The Kier molecular flexibility index (Phi) is 4.81. The van der Waals surface area contributed by atoms with E-state index in [0.29, 0.717) is 6.42 Å². The van der Waals surface area contributed by atoms with Crippen LogP contribution in [-0.4, -0.2) is 5.78 Å². The van der Waals surface area contributed by atoms with Crippen molar-refractivity contribution >= 4 is 5.78 Å². The first kappa shape index (κ1) is 11.4.